The molecule has 1 N–H and O–H groups in total. The van der Waals surface area contributed by atoms with Crippen LogP contribution in [0.15, 0.2) is 22.6 Å². The molecule has 0 radical (unpaired) electrons. The fourth-order valence-corrected chi connectivity index (χ4v) is 1.98. The van der Waals surface area contributed by atoms with Crippen molar-refractivity contribution in [1.82, 2.24) is 10.2 Å². The van der Waals surface area contributed by atoms with Crippen LogP contribution >= 0.6 is 0 Å². The first kappa shape index (κ1) is 15.0. The Hall–Kier alpha value is -1.06. The number of furan rings is 1. The molecule has 0 aromatic carbocycles. The lowest BCUT2D eigenvalue weighted by Crippen LogP contribution is -2.24. The van der Waals surface area contributed by atoms with Crippen molar-refractivity contribution >= 4 is 0 Å². The lowest BCUT2D eigenvalue weighted by atomic mass is 10.2. The van der Waals surface area contributed by atoms with Crippen LogP contribution in [-0.4, -0.2) is 24.5 Å². The molecule has 0 aliphatic rings. The predicted octanol–water partition coefficient (Wildman–Crippen LogP) is 3.10. The first-order chi connectivity index (χ1) is 8.56. The predicted molar refractivity (Wildman–Crippen MR) is 76.6 cm³/mol. The molecular weight excluding hydrogens is 224 g/mol. The third-order valence-electron chi connectivity index (χ3n) is 2.96. The minimum atomic E-state index is 0.809. The molecule has 3 nitrogen and oxygen atoms in total. The van der Waals surface area contributed by atoms with E-state index in [-0.39, 0.29) is 0 Å². The van der Waals surface area contributed by atoms with Gasteiger partial charge in [0.05, 0.1) is 6.54 Å². The summed E-state index contributed by atoms with van der Waals surface area (Å²) in [7, 11) is 0. The fourth-order valence-electron chi connectivity index (χ4n) is 1.98. The molecule has 3 heteroatoms. The van der Waals surface area contributed by atoms with E-state index in [1.807, 2.05) is 6.92 Å². The summed E-state index contributed by atoms with van der Waals surface area (Å²) in [5.41, 5.74) is 2.48. The van der Waals surface area contributed by atoms with Crippen LogP contribution in [-0.2, 0) is 13.1 Å². The normalized spacial score (nSPS) is 11.2. The van der Waals surface area contributed by atoms with Gasteiger partial charge in [-0.1, -0.05) is 26.0 Å². The SMILES string of the molecule is C=C(C)CN(CC)Cc1cc(CNCC)oc1C. The summed E-state index contributed by atoms with van der Waals surface area (Å²) >= 11 is 0. The maximum absolute atomic E-state index is 5.76. The van der Waals surface area contributed by atoms with E-state index in [0.717, 1.165) is 44.2 Å². The second kappa shape index (κ2) is 7.39. The zero-order chi connectivity index (χ0) is 13.5. The van der Waals surface area contributed by atoms with E-state index < -0.39 is 0 Å². The summed E-state index contributed by atoms with van der Waals surface area (Å²) in [6.45, 7) is 17.1. The Labute approximate surface area is 111 Å². The van der Waals surface area contributed by atoms with Crippen molar-refractivity contribution in [2.75, 3.05) is 19.6 Å². The van der Waals surface area contributed by atoms with Gasteiger partial charge < -0.3 is 9.73 Å². The highest BCUT2D eigenvalue weighted by molar-refractivity contribution is 5.21. The molecule has 0 atom stereocenters. The van der Waals surface area contributed by atoms with E-state index >= 15 is 0 Å². The molecule has 0 unspecified atom stereocenters. The van der Waals surface area contributed by atoms with E-state index in [4.69, 9.17) is 4.42 Å². The minimum absolute atomic E-state index is 0.809. The number of nitrogens with one attached hydrogen (secondary N) is 1. The van der Waals surface area contributed by atoms with Gasteiger partial charge in [-0.2, -0.15) is 0 Å². The third-order valence-corrected chi connectivity index (χ3v) is 2.96. The number of hydrogen-bond acceptors (Lipinski definition) is 3. The van der Waals surface area contributed by atoms with Gasteiger partial charge in [0.25, 0.3) is 0 Å². The van der Waals surface area contributed by atoms with Crippen LogP contribution in [0.2, 0.25) is 0 Å². The molecule has 0 aliphatic carbocycles. The van der Waals surface area contributed by atoms with Crippen molar-refractivity contribution in [2.24, 2.45) is 0 Å². The lowest BCUT2D eigenvalue weighted by Gasteiger charge is -2.19. The summed E-state index contributed by atoms with van der Waals surface area (Å²) in [6, 6.07) is 2.17. The van der Waals surface area contributed by atoms with E-state index in [1.54, 1.807) is 0 Å². The second-order valence-corrected chi connectivity index (χ2v) is 4.83. The molecular formula is C15H26N2O. The van der Waals surface area contributed by atoms with Crippen LogP contribution in [0.4, 0.5) is 0 Å². The Morgan fingerprint density at radius 2 is 2.17 bits per heavy atom. The van der Waals surface area contributed by atoms with Gasteiger partial charge in [0.2, 0.25) is 0 Å². The highest BCUT2D eigenvalue weighted by Gasteiger charge is 2.11. The van der Waals surface area contributed by atoms with Crippen LogP contribution < -0.4 is 5.32 Å². The number of likely N-dealkylation sites (N-methyl/N-ethyl adjacent to an activating group) is 1. The summed E-state index contributed by atoms with van der Waals surface area (Å²) in [6.07, 6.45) is 0. The molecule has 1 aromatic heterocycles. The van der Waals surface area contributed by atoms with Crippen molar-refractivity contribution in [2.45, 2.75) is 40.8 Å². The summed E-state index contributed by atoms with van der Waals surface area (Å²) < 4.78 is 5.76. The maximum Gasteiger partial charge on any atom is 0.118 e. The quantitative estimate of drug-likeness (QED) is 0.719. The lowest BCUT2D eigenvalue weighted by molar-refractivity contribution is 0.302. The average molecular weight is 250 g/mol. The second-order valence-electron chi connectivity index (χ2n) is 4.83. The van der Waals surface area contributed by atoms with Crippen molar-refractivity contribution in [3.05, 3.63) is 35.3 Å². The smallest absolute Gasteiger partial charge is 0.118 e. The largest absolute Gasteiger partial charge is 0.465 e. The molecule has 0 spiro atoms. The Bertz CT molecular complexity index is 382. The molecule has 1 aromatic rings. The first-order valence-corrected chi connectivity index (χ1v) is 6.72. The molecule has 0 amide bonds. The summed E-state index contributed by atoms with van der Waals surface area (Å²) in [4.78, 5) is 2.37. The first-order valence-electron chi connectivity index (χ1n) is 6.72. The number of hydrogen-bond donors (Lipinski definition) is 1. The number of rotatable bonds is 8. The Kier molecular flexibility index (Phi) is 6.16. The van der Waals surface area contributed by atoms with E-state index in [0.29, 0.717) is 0 Å². The molecule has 0 aliphatic heterocycles. The highest BCUT2D eigenvalue weighted by Crippen LogP contribution is 2.17. The maximum atomic E-state index is 5.76. The van der Waals surface area contributed by atoms with Gasteiger partial charge >= 0.3 is 0 Å². The zero-order valence-electron chi connectivity index (χ0n) is 12.2. The molecule has 0 fully saturated rings. The van der Waals surface area contributed by atoms with Gasteiger partial charge in [-0.05, 0) is 33.0 Å². The van der Waals surface area contributed by atoms with Gasteiger partial charge in [-0.3, -0.25) is 4.90 Å². The van der Waals surface area contributed by atoms with E-state index in [9.17, 15) is 0 Å². The van der Waals surface area contributed by atoms with Gasteiger partial charge in [-0.25, -0.2) is 0 Å². The topological polar surface area (TPSA) is 28.4 Å². The van der Waals surface area contributed by atoms with Crippen LogP contribution in [0.5, 0.6) is 0 Å². The molecule has 0 bridgehead atoms. The minimum Gasteiger partial charge on any atom is -0.465 e. The third kappa shape index (κ3) is 4.67. The zero-order valence-corrected chi connectivity index (χ0v) is 12.2. The van der Waals surface area contributed by atoms with Crippen molar-refractivity contribution < 1.29 is 4.42 Å². The Morgan fingerprint density at radius 1 is 1.44 bits per heavy atom. The van der Waals surface area contributed by atoms with Gasteiger partial charge in [0.15, 0.2) is 0 Å². The molecule has 1 rings (SSSR count). The summed E-state index contributed by atoms with van der Waals surface area (Å²) in [5, 5.41) is 3.28. The number of nitrogens with zero attached hydrogens (tertiary/aromatic N) is 1. The monoisotopic (exact) mass is 250 g/mol. The van der Waals surface area contributed by atoms with Crippen LogP contribution in [0.3, 0.4) is 0 Å². The van der Waals surface area contributed by atoms with Crippen LogP contribution in [0.25, 0.3) is 0 Å². The molecule has 0 saturated carbocycles. The fraction of sp³-hybridized carbons (Fsp3) is 0.600. The van der Waals surface area contributed by atoms with Gasteiger partial charge in [-0.15, -0.1) is 0 Å². The summed E-state index contributed by atoms with van der Waals surface area (Å²) in [5.74, 6) is 2.05. The average Bonchev–Trinajstić information content (AvgIpc) is 2.66. The van der Waals surface area contributed by atoms with Crippen molar-refractivity contribution in [3.63, 3.8) is 0 Å². The van der Waals surface area contributed by atoms with Gasteiger partial charge in [0.1, 0.15) is 11.5 Å². The van der Waals surface area contributed by atoms with E-state index in [2.05, 4.69) is 43.6 Å². The molecule has 0 saturated heterocycles. The highest BCUT2D eigenvalue weighted by atomic mass is 16.3. The Morgan fingerprint density at radius 3 is 2.72 bits per heavy atom. The molecule has 1 heterocycles. The molecule has 18 heavy (non-hydrogen) atoms. The Balaban J connectivity index is 2.64. The van der Waals surface area contributed by atoms with Crippen molar-refractivity contribution in [1.29, 1.82) is 0 Å². The number of aryl methyl sites for hydroxylation is 1. The van der Waals surface area contributed by atoms with Crippen LogP contribution in [0, 0.1) is 6.92 Å². The van der Waals surface area contributed by atoms with E-state index in [1.165, 1.54) is 11.1 Å². The molecule has 102 valence electrons. The van der Waals surface area contributed by atoms with Crippen LogP contribution in [0.1, 0.15) is 37.9 Å². The standard InChI is InChI=1S/C15H26N2O/c1-6-16-9-15-8-14(13(5)18-15)11-17(7-2)10-12(3)4/h8,16H,3,6-7,9-11H2,1-2,4-5H3. The van der Waals surface area contributed by atoms with Gasteiger partial charge in [0, 0.05) is 18.7 Å². The van der Waals surface area contributed by atoms with Crippen molar-refractivity contribution in [3.8, 4) is 0 Å².